The van der Waals surface area contributed by atoms with Crippen LogP contribution in [-0.2, 0) is 42.6 Å². The fraction of sp³-hybridized carbons (Fsp3) is 1.00. The Morgan fingerprint density at radius 3 is 1.69 bits per heavy atom. The number of hydrogen-bond donors (Lipinski definition) is 1. The van der Waals surface area contributed by atoms with Gasteiger partial charge in [0.1, 0.15) is 30.5 Å². The lowest BCUT2D eigenvalue weighted by Gasteiger charge is -2.49. The summed E-state index contributed by atoms with van der Waals surface area (Å²) in [6.07, 6.45) is -4.35. The Kier molecular flexibility index (Phi) is 10.2. The van der Waals surface area contributed by atoms with E-state index in [0.29, 0.717) is 6.54 Å². The first-order valence-corrected chi connectivity index (χ1v) is 9.80. The van der Waals surface area contributed by atoms with Gasteiger partial charge in [-0.2, -0.15) is 0 Å². The number of hydrogen-bond acceptors (Lipinski definition) is 10. The van der Waals surface area contributed by atoms with Gasteiger partial charge in [-0.3, -0.25) is 0 Å². The summed E-state index contributed by atoms with van der Waals surface area (Å²) < 4.78 is 52.0. The zero-order valence-corrected chi connectivity index (χ0v) is 18.4. The van der Waals surface area contributed by atoms with Crippen molar-refractivity contribution in [2.24, 2.45) is 11.7 Å². The SMILES string of the molecule is COCC1O[C@H](OC)C(OC)[C@@H](OC)[C@@H]1O[C@H]1OC(CN)[C@@H](C)[C@H](OC)C1OC. The first-order valence-electron chi connectivity index (χ1n) is 9.80. The van der Waals surface area contributed by atoms with E-state index in [2.05, 4.69) is 0 Å². The van der Waals surface area contributed by atoms with E-state index >= 15 is 0 Å². The maximum atomic E-state index is 6.39. The molecule has 0 amide bonds. The Morgan fingerprint density at radius 2 is 1.21 bits per heavy atom. The van der Waals surface area contributed by atoms with Crippen LogP contribution in [0.15, 0.2) is 0 Å². The number of methoxy groups -OCH3 is 6. The lowest BCUT2D eigenvalue weighted by atomic mass is 9.90. The molecule has 0 aromatic carbocycles. The van der Waals surface area contributed by atoms with Crippen molar-refractivity contribution < 1.29 is 42.6 Å². The van der Waals surface area contributed by atoms with Gasteiger partial charge in [0.25, 0.3) is 0 Å². The van der Waals surface area contributed by atoms with Crippen LogP contribution in [0.1, 0.15) is 6.92 Å². The molecule has 172 valence electrons. The minimum atomic E-state index is -0.739. The lowest BCUT2D eigenvalue weighted by Crippen LogP contribution is -2.64. The average molecular weight is 424 g/mol. The van der Waals surface area contributed by atoms with E-state index in [4.69, 9.17) is 48.4 Å². The summed E-state index contributed by atoms with van der Waals surface area (Å²) in [5.41, 5.74) is 5.92. The van der Waals surface area contributed by atoms with Gasteiger partial charge in [-0.1, -0.05) is 6.92 Å². The van der Waals surface area contributed by atoms with Crippen LogP contribution in [0.4, 0.5) is 0 Å². The van der Waals surface area contributed by atoms with Crippen LogP contribution in [0, 0.1) is 5.92 Å². The quantitative estimate of drug-likeness (QED) is 0.506. The van der Waals surface area contributed by atoms with E-state index in [9.17, 15) is 0 Å². The molecule has 2 rings (SSSR count). The molecular formula is C19H37NO9. The van der Waals surface area contributed by atoms with Crippen molar-refractivity contribution in [2.75, 3.05) is 55.8 Å². The van der Waals surface area contributed by atoms with Gasteiger partial charge in [0.05, 0.1) is 18.8 Å². The second-order valence-electron chi connectivity index (χ2n) is 7.27. The van der Waals surface area contributed by atoms with Gasteiger partial charge in [0.15, 0.2) is 12.6 Å². The van der Waals surface area contributed by atoms with E-state index in [-0.39, 0.29) is 24.7 Å². The molecule has 2 fully saturated rings. The number of ether oxygens (including phenoxy) is 9. The van der Waals surface area contributed by atoms with Crippen LogP contribution in [0.5, 0.6) is 0 Å². The van der Waals surface area contributed by atoms with Crippen molar-refractivity contribution in [1.82, 2.24) is 0 Å². The van der Waals surface area contributed by atoms with Gasteiger partial charge < -0.3 is 48.4 Å². The monoisotopic (exact) mass is 423 g/mol. The average Bonchev–Trinajstić information content (AvgIpc) is 2.74. The molecule has 10 nitrogen and oxygen atoms in total. The first kappa shape index (κ1) is 24.9. The van der Waals surface area contributed by atoms with Crippen LogP contribution in [0.2, 0.25) is 0 Å². The van der Waals surface area contributed by atoms with Crippen molar-refractivity contribution in [1.29, 1.82) is 0 Å². The zero-order chi connectivity index (χ0) is 21.6. The molecule has 0 bridgehead atoms. The summed E-state index contributed by atoms with van der Waals surface area (Å²) >= 11 is 0. The molecule has 2 saturated heterocycles. The molecule has 0 aliphatic carbocycles. The summed E-state index contributed by atoms with van der Waals surface area (Å²) in [6, 6.07) is 0. The van der Waals surface area contributed by atoms with E-state index < -0.39 is 43.1 Å². The molecule has 2 aliphatic heterocycles. The van der Waals surface area contributed by atoms with Crippen molar-refractivity contribution in [3.8, 4) is 0 Å². The molecule has 4 unspecified atom stereocenters. The third-order valence-electron chi connectivity index (χ3n) is 5.77. The highest BCUT2D eigenvalue weighted by atomic mass is 16.8. The van der Waals surface area contributed by atoms with Crippen molar-refractivity contribution in [3.63, 3.8) is 0 Å². The maximum Gasteiger partial charge on any atom is 0.187 e. The fourth-order valence-electron chi connectivity index (χ4n) is 4.21. The normalized spacial score (nSPS) is 43.4. The van der Waals surface area contributed by atoms with Crippen LogP contribution in [0.3, 0.4) is 0 Å². The minimum absolute atomic E-state index is 0.0370. The van der Waals surface area contributed by atoms with Gasteiger partial charge in [-0.25, -0.2) is 0 Å². The highest BCUT2D eigenvalue weighted by Gasteiger charge is 2.52. The van der Waals surface area contributed by atoms with Gasteiger partial charge in [-0.05, 0) is 0 Å². The summed E-state index contributed by atoms with van der Waals surface area (Å²) in [5, 5.41) is 0. The zero-order valence-electron chi connectivity index (χ0n) is 18.4. The van der Waals surface area contributed by atoms with Crippen molar-refractivity contribution in [2.45, 2.75) is 62.2 Å². The molecule has 10 heteroatoms. The molecule has 2 heterocycles. The third kappa shape index (κ3) is 5.27. The third-order valence-corrected chi connectivity index (χ3v) is 5.77. The summed E-state index contributed by atoms with van der Waals surface area (Å²) in [7, 11) is 9.55. The summed E-state index contributed by atoms with van der Waals surface area (Å²) in [5.74, 6) is 0.0370. The van der Waals surface area contributed by atoms with E-state index in [1.165, 1.54) is 0 Å². The van der Waals surface area contributed by atoms with Crippen LogP contribution < -0.4 is 5.73 Å². The van der Waals surface area contributed by atoms with Crippen molar-refractivity contribution >= 4 is 0 Å². The van der Waals surface area contributed by atoms with E-state index in [1.807, 2.05) is 6.92 Å². The molecule has 0 radical (unpaired) electrons. The molecule has 2 N–H and O–H groups in total. The van der Waals surface area contributed by atoms with E-state index in [0.717, 1.165) is 0 Å². The van der Waals surface area contributed by atoms with Crippen molar-refractivity contribution in [3.05, 3.63) is 0 Å². The smallest absolute Gasteiger partial charge is 0.187 e. The van der Waals surface area contributed by atoms with Gasteiger partial charge in [-0.15, -0.1) is 0 Å². The van der Waals surface area contributed by atoms with Gasteiger partial charge in [0, 0.05) is 55.1 Å². The first-order chi connectivity index (χ1) is 14.0. The minimum Gasteiger partial charge on any atom is -0.382 e. The number of nitrogens with two attached hydrogens (primary N) is 1. The molecule has 10 atom stereocenters. The summed E-state index contributed by atoms with van der Waals surface area (Å²) in [4.78, 5) is 0. The molecule has 0 aromatic heterocycles. The molecule has 0 aromatic rings. The second kappa shape index (κ2) is 11.8. The Morgan fingerprint density at radius 1 is 0.655 bits per heavy atom. The predicted molar refractivity (Wildman–Crippen MR) is 102 cm³/mol. The van der Waals surface area contributed by atoms with Gasteiger partial charge in [0.2, 0.25) is 0 Å². The lowest BCUT2D eigenvalue weighted by molar-refractivity contribution is -0.358. The highest BCUT2D eigenvalue weighted by molar-refractivity contribution is 4.95. The topological polar surface area (TPSA) is 109 Å². The second-order valence-corrected chi connectivity index (χ2v) is 7.27. The van der Waals surface area contributed by atoms with Gasteiger partial charge >= 0.3 is 0 Å². The molecule has 2 aliphatic rings. The predicted octanol–water partition coefficient (Wildman–Crippen LogP) is -0.231. The molecule has 0 spiro atoms. The fourth-order valence-corrected chi connectivity index (χ4v) is 4.21. The summed E-state index contributed by atoms with van der Waals surface area (Å²) in [6.45, 7) is 2.63. The molecular weight excluding hydrogens is 386 g/mol. The molecule has 0 saturated carbocycles. The Balaban J connectivity index is 2.29. The Hall–Kier alpha value is -0.400. The standard InChI is InChI=1S/C19H37NO9/c1-10-11(8-20)27-19(16(24-5)13(10)22-3)29-14-12(9-21-2)28-18(26-7)17(25-6)15(14)23-4/h10-19H,8-9,20H2,1-7H3/t10-,11?,12?,13+,14-,15+,16?,17?,18+,19-/m1/s1. The Bertz CT molecular complexity index is 471. The largest absolute Gasteiger partial charge is 0.382 e. The highest BCUT2D eigenvalue weighted by Crippen LogP contribution is 2.34. The van der Waals surface area contributed by atoms with Crippen LogP contribution in [-0.4, -0.2) is 111 Å². The number of rotatable bonds is 10. The van der Waals surface area contributed by atoms with E-state index in [1.54, 1.807) is 42.7 Å². The Labute approximate surface area is 173 Å². The van der Waals surface area contributed by atoms with Crippen LogP contribution >= 0.6 is 0 Å². The van der Waals surface area contributed by atoms with Crippen LogP contribution in [0.25, 0.3) is 0 Å². The molecule has 29 heavy (non-hydrogen) atoms. The maximum absolute atomic E-state index is 6.39.